The van der Waals surface area contributed by atoms with Gasteiger partial charge in [0.1, 0.15) is 5.76 Å². The van der Waals surface area contributed by atoms with E-state index >= 15 is 0 Å². The van der Waals surface area contributed by atoms with Gasteiger partial charge in [0, 0.05) is 18.7 Å². The minimum atomic E-state index is -0.251. The van der Waals surface area contributed by atoms with E-state index in [1.165, 1.54) is 32.4 Å². The Balaban J connectivity index is 2.28. The molecule has 0 atom stereocenters. The van der Waals surface area contributed by atoms with Crippen molar-refractivity contribution in [3.05, 3.63) is 57.9 Å². The number of anilines is 2. The molecule has 0 saturated heterocycles. The highest BCUT2D eigenvalue weighted by molar-refractivity contribution is 6.38. The molecule has 1 aliphatic carbocycles. The van der Waals surface area contributed by atoms with E-state index in [1.807, 2.05) is 0 Å². The van der Waals surface area contributed by atoms with Crippen LogP contribution < -0.4 is 10.6 Å². The van der Waals surface area contributed by atoms with Crippen LogP contribution in [0.3, 0.4) is 0 Å². The fourth-order valence-corrected chi connectivity index (χ4v) is 2.35. The Morgan fingerprint density at radius 2 is 1.87 bits per heavy atom. The maximum absolute atomic E-state index is 11.8. The van der Waals surface area contributed by atoms with Crippen molar-refractivity contribution < 1.29 is 14.3 Å². The third kappa shape index (κ3) is 4.37. The van der Waals surface area contributed by atoms with E-state index in [2.05, 4.69) is 10.6 Å². The van der Waals surface area contributed by atoms with Crippen LogP contribution in [0, 0.1) is 0 Å². The fourth-order valence-electron chi connectivity index (χ4n) is 1.87. The number of carbonyl (C=O) groups is 2. The van der Waals surface area contributed by atoms with Gasteiger partial charge in [0.05, 0.1) is 28.5 Å². The van der Waals surface area contributed by atoms with E-state index in [9.17, 15) is 9.59 Å². The molecular weight excluding hydrogens is 339 g/mol. The van der Waals surface area contributed by atoms with Crippen molar-refractivity contribution >= 4 is 46.3 Å². The molecule has 0 unspecified atom stereocenters. The van der Waals surface area contributed by atoms with Crippen LogP contribution in [-0.4, -0.2) is 18.8 Å². The van der Waals surface area contributed by atoms with Crippen LogP contribution >= 0.6 is 23.2 Å². The zero-order valence-electron chi connectivity index (χ0n) is 12.4. The summed E-state index contributed by atoms with van der Waals surface area (Å²) in [5.41, 5.74) is 1.34. The third-order valence-corrected chi connectivity index (χ3v) is 3.59. The molecule has 1 aliphatic rings. The summed E-state index contributed by atoms with van der Waals surface area (Å²) in [6, 6.07) is 3.10. The van der Waals surface area contributed by atoms with E-state index in [1.54, 1.807) is 18.2 Å². The first-order chi connectivity index (χ1) is 10.9. The van der Waals surface area contributed by atoms with Crippen LogP contribution in [0.2, 0.25) is 10.0 Å². The number of methoxy groups -OCH3 is 1. The van der Waals surface area contributed by atoms with E-state index in [0.717, 1.165) is 0 Å². The van der Waals surface area contributed by atoms with E-state index < -0.39 is 0 Å². The third-order valence-electron chi connectivity index (χ3n) is 2.97. The molecular formula is C16H14Cl2N2O3. The van der Waals surface area contributed by atoms with Crippen molar-refractivity contribution in [1.82, 2.24) is 0 Å². The second-order valence-electron chi connectivity index (χ2n) is 4.69. The van der Waals surface area contributed by atoms with Gasteiger partial charge in [-0.25, -0.2) is 0 Å². The molecule has 1 aromatic carbocycles. The minimum absolute atomic E-state index is 0.162. The number of ketones is 1. The summed E-state index contributed by atoms with van der Waals surface area (Å²) in [6.07, 6.45) is 6.12. The smallest absolute Gasteiger partial charge is 0.221 e. The molecule has 7 heteroatoms. The lowest BCUT2D eigenvalue weighted by Crippen LogP contribution is -2.07. The summed E-state index contributed by atoms with van der Waals surface area (Å²) in [6.45, 7) is 1.38. The van der Waals surface area contributed by atoms with Gasteiger partial charge in [0.15, 0.2) is 5.78 Å². The maximum atomic E-state index is 11.8. The maximum Gasteiger partial charge on any atom is 0.221 e. The second kappa shape index (κ2) is 7.35. The van der Waals surface area contributed by atoms with Crippen LogP contribution in [-0.2, 0) is 14.3 Å². The van der Waals surface area contributed by atoms with Crippen molar-refractivity contribution in [2.75, 3.05) is 17.7 Å². The molecule has 5 nitrogen and oxygen atoms in total. The molecule has 0 aromatic heterocycles. The van der Waals surface area contributed by atoms with Gasteiger partial charge < -0.3 is 15.4 Å². The summed E-state index contributed by atoms with van der Waals surface area (Å²) in [5, 5.41) is 6.22. The summed E-state index contributed by atoms with van der Waals surface area (Å²) in [7, 11) is 1.52. The largest absolute Gasteiger partial charge is 0.497 e. The zero-order chi connectivity index (χ0) is 17.0. The molecule has 2 N–H and O–H groups in total. The molecule has 0 radical (unpaired) electrons. The number of allylic oxidation sites excluding steroid dienone is 4. The Labute approximate surface area is 143 Å². The van der Waals surface area contributed by atoms with Crippen molar-refractivity contribution in [2.45, 2.75) is 6.92 Å². The van der Waals surface area contributed by atoms with Gasteiger partial charge in [-0.3, -0.25) is 9.59 Å². The van der Waals surface area contributed by atoms with Gasteiger partial charge in [0.25, 0.3) is 0 Å². The van der Waals surface area contributed by atoms with E-state index in [-0.39, 0.29) is 11.7 Å². The molecule has 120 valence electrons. The predicted molar refractivity (Wildman–Crippen MR) is 91.7 cm³/mol. The van der Waals surface area contributed by atoms with Gasteiger partial charge in [-0.05, 0) is 30.4 Å². The Kier molecular flexibility index (Phi) is 5.47. The summed E-state index contributed by atoms with van der Waals surface area (Å²) >= 11 is 12.1. The molecule has 1 amide bonds. The van der Waals surface area contributed by atoms with Gasteiger partial charge in [-0.1, -0.05) is 23.2 Å². The Hall–Kier alpha value is -2.24. The number of ether oxygens (including phenoxy) is 1. The standard InChI is InChI=1S/C16H14Cl2N2O3/c1-9(21)20-15-7-14(12(17)6-13(15)18)19-8-10-5-11(23-2)3-4-16(10)22/h3-8,19H,1-2H3,(H,20,21)/b10-8-. The minimum Gasteiger partial charge on any atom is -0.497 e. The first-order valence-electron chi connectivity index (χ1n) is 6.62. The SMILES string of the molecule is COC1=C/C(=C/Nc2cc(NC(C)=O)c(Cl)cc2Cl)C(=O)C=C1. The monoisotopic (exact) mass is 352 g/mol. The quantitative estimate of drug-likeness (QED) is 0.806. The Morgan fingerprint density at radius 1 is 1.17 bits per heavy atom. The van der Waals surface area contributed by atoms with E-state index in [0.29, 0.717) is 32.8 Å². The van der Waals surface area contributed by atoms with Crippen LogP contribution in [0.15, 0.2) is 47.9 Å². The molecule has 0 saturated carbocycles. The normalized spacial score (nSPS) is 15.4. The Morgan fingerprint density at radius 3 is 2.52 bits per heavy atom. The highest BCUT2D eigenvalue weighted by Crippen LogP contribution is 2.33. The molecule has 0 heterocycles. The number of amides is 1. The zero-order valence-corrected chi connectivity index (χ0v) is 14.0. The molecule has 0 aliphatic heterocycles. The molecule has 2 rings (SSSR count). The lowest BCUT2D eigenvalue weighted by molar-refractivity contribution is -0.114. The number of nitrogens with one attached hydrogen (secondary N) is 2. The number of hydrogen-bond donors (Lipinski definition) is 2. The summed E-state index contributed by atoms with van der Waals surface area (Å²) < 4.78 is 5.09. The fraction of sp³-hybridized carbons (Fsp3) is 0.125. The number of hydrogen-bond acceptors (Lipinski definition) is 4. The summed E-state index contributed by atoms with van der Waals surface area (Å²) in [5.74, 6) is 0.156. The lowest BCUT2D eigenvalue weighted by atomic mass is 10.1. The van der Waals surface area contributed by atoms with Crippen molar-refractivity contribution in [1.29, 1.82) is 0 Å². The molecule has 0 spiro atoms. The van der Waals surface area contributed by atoms with Crippen LogP contribution in [0.5, 0.6) is 0 Å². The molecule has 0 bridgehead atoms. The first-order valence-corrected chi connectivity index (χ1v) is 7.37. The lowest BCUT2D eigenvalue weighted by Gasteiger charge is -2.12. The number of carbonyl (C=O) groups excluding carboxylic acids is 2. The topological polar surface area (TPSA) is 67.4 Å². The second-order valence-corrected chi connectivity index (χ2v) is 5.50. The number of halogens is 2. The van der Waals surface area contributed by atoms with E-state index in [4.69, 9.17) is 27.9 Å². The number of rotatable bonds is 4. The van der Waals surface area contributed by atoms with Crippen molar-refractivity contribution in [3.63, 3.8) is 0 Å². The molecule has 23 heavy (non-hydrogen) atoms. The highest BCUT2D eigenvalue weighted by Gasteiger charge is 2.12. The van der Waals surface area contributed by atoms with Crippen LogP contribution in [0.1, 0.15) is 6.92 Å². The van der Waals surface area contributed by atoms with Gasteiger partial charge in [-0.15, -0.1) is 0 Å². The van der Waals surface area contributed by atoms with Crippen molar-refractivity contribution in [2.24, 2.45) is 0 Å². The average Bonchev–Trinajstić information content (AvgIpc) is 2.50. The average molecular weight is 353 g/mol. The molecule has 1 aromatic rings. The number of benzene rings is 1. The van der Waals surface area contributed by atoms with Gasteiger partial charge in [0.2, 0.25) is 5.91 Å². The van der Waals surface area contributed by atoms with Crippen LogP contribution in [0.4, 0.5) is 11.4 Å². The molecule has 0 fully saturated rings. The highest BCUT2D eigenvalue weighted by atomic mass is 35.5. The Bertz CT molecular complexity index is 752. The summed E-state index contributed by atoms with van der Waals surface area (Å²) in [4.78, 5) is 23.0. The van der Waals surface area contributed by atoms with Crippen molar-refractivity contribution in [3.8, 4) is 0 Å². The van der Waals surface area contributed by atoms with Gasteiger partial charge >= 0.3 is 0 Å². The van der Waals surface area contributed by atoms with Gasteiger partial charge in [-0.2, -0.15) is 0 Å². The first kappa shape index (κ1) is 17.1. The van der Waals surface area contributed by atoms with Crippen LogP contribution in [0.25, 0.3) is 0 Å². The predicted octanol–water partition coefficient (Wildman–Crippen LogP) is 3.92.